The highest BCUT2D eigenvalue weighted by Crippen LogP contribution is 2.12. The summed E-state index contributed by atoms with van der Waals surface area (Å²) in [4.78, 5) is 6.59. The molecule has 1 aromatic heterocycles. The first-order valence-corrected chi connectivity index (χ1v) is 5.91. The minimum Gasteiger partial charge on any atom is -0.375 e. The van der Waals surface area contributed by atoms with E-state index in [0.29, 0.717) is 11.2 Å². The molecule has 80 valence electrons. The summed E-state index contributed by atoms with van der Waals surface area (Å²) in [6.45, 7) is 5.51. The lowest BCUT2D eigenvalue weighted by Crippen LogP contribution is -2.30. The Hall–Kier alpha value is -0.610. The van der Waals surface area contributed by atoms with Crippen molar-refractivity contribution in [1.82, 2.24) is 9.88 Å². The summed E-state index contributed by atoms with van der Waals surface area (Å²) in [5.41, 5.74) is 6.68. The lowest BCUT2D eigenvalue weighted by Gasteiger charge is -2.22. The molecule has 1 unspecified atom stereocenters. The highest BCUT2D eigenvalue weighted by Gasteiger charge is 2.07. The molecule has 1 rings (SSSR count). The van der Waals surface area contributed by atoms with E-state index in [-0.39, 0.29) is 0 Å². The van der Waals surface area contributed by atoms with Gasteiger partial charge in [0, 0.05) is 24.4 Å². The Labute approximate surface area is 89.9 Å². The zero-order chi connectivity index (χ0) is 10.6. The van der Waals surface area contributed by atoms with E-state index in [1.807, 2.05) is 5.38 Å². The summed E-state index contributed by atoms with van der Waals surface area (Å²) in [6, 6.07) is 0.644. The van der Waals surface area contributed by atoms with Crippen molar-refractivity contribution in [2.24, 2.45) is 0 Å². The van der Waals surface area contributed by atoms with Gasteiger partial charge in [0.1, 0.15) is 0 Å². The van der Waals surface area contributed by atoms with Crippen molar-refractivity contribution in [3.05, 3.63) is 11.1 Å². The minimum atomic E-state index is 0.644. The molecule has 0 aliphatic rings. The third-order valence-electron chi connectivity index (χ3n) is 2.63. The summed E-state index contributed by atoms with van der Waals surface area (Å²) in [5, 5.41) is 2.71. The first kappa shape index (κ1) is 11.5. The summed E-state index contributed by atoms with van der Waals surface area (Å²) in [6.07, 6.45) is 2.18. The molecule has 0 saturated heterocycles. The van der Waals surface area contributed by atoms with Gasteiger partial charge in [-0.3, -0.25) is 0 Å². The van der Waals surface area contributed by atoms with E-state index in [4.69, 9.17) is 5.73 Å². The predicted octanol–water partition coefficient (Wildman–Crippen LogP) is 2.00. The van der Waals surface area contributed by atoms with Crippen LogP contribution in [0.5, 0.6) is 0 Å². The van der Waals surface area contributed by atoms with Crippen LogP contribution in [-0.2, 0) is 6.42 Å². The molecule has 0 amide bonds. The van der Waals surface area contributed by atoms with Gasteiger partial charge >= 0.3 is 0 Å². The van der Waals surface area contributed by atoms with E-state index in [1.54, 1.807) is 0 Å². The first-order chi connectivity index (χ1) is 6.63. The third kappa shape index (κ3) is 3.27. The lowest BCUT2D eigenvalue weighted by molar-refractivity contribution is 0.254. The number of nitrogen functional groups attached to an aromatic ring is 1. The largest absolute Gasteiger partial charge is 0.375 e. The van der Waals surface area contributed by atoms with Gasteiger partial charge in [0.15, 0.2) is 5.13 Å². The van der Waals surface area contributed by atoms with Crippen molar-refractivity contribution < 1.29 is 0 Å². The number of anilines is 1. The van der Waals surface area contributed by atoms with Gasteiger partial charge in [0.2, 0.25) is 0 Å². The second-order valence-corrected chi connectivity index (χ2v) is 4.55. The van der Waals surface area contributed by atoms with Gasteiger partial charge in [-0.05, 0) is 20.4 Å². The molecule has 0 bridgehead atoms. The highest BCUT2D eigenvalue weighted by atomic mass is 32.1. The number of hydrogen-bond acceptors (Lipinski definition) is 4. The van der Waals surface area contributed by atoms with E-state index in [1.165, 1.54) is 17.8 Å². The van der Waals surface area contributed by atoms with Crippen LogP contribution in [0, 0.1) is 0 Å². The Bertz CT molecular complexity index is 272. The average molecular weight is 213 g/mol. The van der Waals surface area contributed by atoms with Crippen molar-refractivity contribution in [2.45, 2.75) is 32.7 Å². The molecule has 1 heterocycles. The van der Waals surface area contributed by atoms with Gasteiger partial charge in [-0.2, -0.15) is 0 Å². The third-order valence-corrected chi connectivity index (χ3v) is 3.36. The molecule has 0 saturated carbocycles. The molecule has 1 aromatic rings. The van der Waals surface area contributed by atoms with Gasteiger partial charge in [-0.25, -0.2) is 4.98 Å². The molecule has 14 heavy (non-hydrogen) atoms. The van der Waals surface area contributed by atoms with Crippen molar-refractivity contribution in [2.75, 3.05) is 19.3 Å². The fourth-order valence-corrected chi connectivity index (χ4v) is 1.86. The van der Waals surface area contributed by atoms with Crippen LogP contribution in [-0.4, -0.2) is 29.5 Å². The minimum absolute atomic E-state index is 0.644. The number of likely N-dealkylation sites (N-methyl/N-ethyl adjacent to an activating group) is 1. The van der Waals surface area contributed by atoms with Gasteiger partial charge in [-0.15, -0.1) is 11.3 Å². The molecule has 0 aromatic carbocycles. The fourth-order valence-electron chi connectivity index (χ4n) is 1.26. The molecule has 0 aliphatic heterocycles. The maximum absolute atomic E-state index is 5.56. The zero-order valence-corrected chi connectivity index (χ0v) is 9.97. The molecule has 3 nitrogen and oxygen atoms in total. The fraction of sp³-hybridized carbons (Fsp3) is 0.700. The molecule has 4 heteroatoms. The number of thiazole rings is 1. The Balaban J connectivity index is 2.33. The van der Waals surface area contributed by atoms with Gasteiger partial charge in [0.25, 0.3) is 0 Å². The molecule has 2 N–H and O–H groups in total. The number of rotatable bonds is 5. The standard InChI is InChI=1S/C10H19N3S/c1-4-8(2)13(3)6-5-9-7-14-10(11)12-9/h7-8H,4-6H2,1-3H3,(H2,11,12). The van der Waals surface area contributed by atoms with Crippen LogP contribution in [0.2, 0.25) is 0 Å². The number of nitrogens with two attached hydrogens (primary N) is 1. The Morgan fingerprint density at radius 2 is 2.36 bits per heavy atom. The van der Waals surface area contributed by atoms with Crippen LogP contribution in [0.15, 0.2) is 5.38 Å². The highest BCUT2D eigenvalue weighted by molar-refractivity contribution is 7.13. The maximum atomic E-state index is 5.56. The van der Waals surface area contributed by atoms with Gasteiger partial charge < -0.3 is 10.6 Å². The number of aromatic nitrogens is 1. The van der Waals surface area contributed by atoms with Crippen molar-refractivity contribution in [3.63, 3.8) is 0 Å². The lowest BCUT2D eigenvalue weighted by atomic mass is 10.2. The van der Waals surface area contributed by atoms with Crippen LogP contribution in [0.3, 0.4) is 0 Å². The first-order valence-electron chi connectivity index (χ1n) is 5.03. The quantitative estimate of drug-likeness (QED) is 0.813. The number of nitrogens with zero attached hydrogens (tertiary/aromatic N) is 2. The number of hydrogen-bond donors (Lipinski definition) is 1. The Morgan fingerprint density at radius 3 is 2.86 bits per heavy atom. The van der Waals surface area contributed by atoms with Crippen LogP contribution < -0.4 is 5.73 Å². The summed E-state index contributed by atoms with van der Waals surface area (Å²) in [7, 11) is 2.16. The monoisotopic (exact) mass is 213 g/mol. The predicted molar refractivity (Wildman–Crippen MR) is 62.6 cm³/mol. The average Bonchev–Trinajstić information content (AvgIpc) is 2.59. The molecular formula is C10H19N3S. The molecule has 0 fully saturated rings. The van der Waals surface area contributed by atoms with Crippen LogP contribution in [0.25, 0.3) is 0 Å². The van der Waals surface area contributed by atoms with Crippen molar-refractivity contribution in [1.29, 1.82) is 0 Å². The van der Waals surface area contributed by atoms with E-state index in [2.05, 4.69) is 30.8 Å². The summed E-state index contributed by atoms with van der Waals surface area (Å²) < 4.78 is 0. The molecule has 0 aliphatic carbocycles. The molecule has 0 radical (unpaired) electrons. The summed E-state index contributed by atoms with van der Waals surface area (Å²) >= 11 is 1.52. The normalized spacial score (nSPS) is 13.4. The van der Waals surface area contributed by atoms with Crippen LogP contribution in [0.1, 0.15) is 26.0 Å². The van der Waals surface area contributed by atoms with Crippen molar-refractivity contribution >= 4 is 16.5 Å². The SMILES string of the molecule is CCC(C)N(C)CCc1csc(N)n1. The smallest absolute Gasteiger partial charge is 0.180 e. The van der Waals surface area contributed by atoms with Crippen molar-refractivity contribution in [3.8, 4) is 0 Å². The Morgan fingerprint density at radius 1 is 1.64 bits per heavy atom. The van der Waals surface area contributed by atoms with Gasteiger partial charge in [-0.1, -0.05) is 6.92 Å². The molecular weight excluding hydrogens is 194 g/mol. The van der Waals surface area contributed by atoms with Crippen LogP contribution >= 0.6 is 11.3 Å². The second-order valence-electron chi connectivity index (χ2n) is 3.66. The molecule has 1 atom stereocenters. The second kappa shape index (κ2) is 5.32. The topological polar surface area (TPSA) is 42.1 Å². The van der Waals surface area contributed by atoms with E-state index < -0.39 is 0 Å². The maximum Gasteiger partial charge on any atom is 0.180 e. The van der Waals surface area contributed by atoms with E-state index in [9.17, 15) is 0 Å². The van der Waals surface area contributed by atoms with Gasteiger partial charge in [0.05, 0.1) is 5.69 Å². The van der Waals surface area contributed by atoms with E-state index in [0.717, 1.165) is 18.7 Å². The Kier molecular flexibility index (Phi) is 4.35. The van der Waals surface area contributed by atoms with E-state index >= 15 is 0 Å². The molecule has 0 spiro atoms. The summed E-state index contributed by atoms with van der Waals surface area (Å²) in [5.74, 6) is 0. The zero-order valence-electron chi connectivity index (χ0n) is 9.16. The van der Waals surface area contributed by atoms with Crippen LogP contribution in [0.4, 0.5) is 5.13 Å².